The van der Waals surface area contributed by atoms with Gasteiger partial charge in [0.05, 0.1) is 12.8 Å². The summed E-state index contributed by atoms with van der Waals surface area (Å²) in [6.45, 7) is 0. The van der Waals surface area contributed by atoms with E-state index < -0.39 is 0 Å². The highest BCUT2D eigenvalue weighted by Crippen LogP contribution is 2.30. The molecule has 0 fully saturated rings. The molecule has 116 valence electrons. The zero-order valence-corrected chi connectivity index (χ0v) is 12.7. The Morgan fingerprint density at radius 3 is 2.65 bits per heavy atom. The Labute approximate surface area is 134 Å². The molecule has 2 heterocycles. The van der Waals surface area contributed by atoms with E-state index in [0.29, 0.717) is 11.4 Å². The highest BCUT2D eigenvalue weighted by atomic mass is 16.5. The minimum absolute atomic E-state index is 0.603. The van der Waals surface area contributed by atoms with E-state index in [2.05, 4.69) is 10.5 Å². The molecule has 0 saturated carbocycles. The van der Waals surface area contributed by atoms with Crippen LogP contribution in [0.25, 0.3) is 11.3 Å². The van der Waals surface area contributed by atoms with Crippen molar-refractivity contribution in [2.24, 2.45) is 0 Å². The molecular formula is C18H17N3O2. The fourth-order valence-electron chi connectivity index (χ4n) is 2.40. The van der Waals surface area contributed by atoms with Crippen molar-refractivity contribution >= 4 is 5.69 Å². The van der Waals surface area contributed by atoms with Crippen molar-refractivity contribution in [3.8, 4) is 17.0 Å². The lowest BCUT2D eigenvalue weighted by Crippen LogP contribution is -1.98. The third-order valence-corrected chi connectivity index (χ3v) is 3.54. The van der Waals surface area contributed by atoms with Crippen LogP contribution in [0.1, 0.15) is 11.3 Å². The molecule has 0 bridgehead atoms. The van der Waals surface area contributed by atoms with Crippen LogP contribution in [-0.4, -0.2) is 22.3 Å². The highest BCUT2D eigenvalue weighted by molar-refractivity contribution is 5.70. The van der Waals surface area contributed by atoms with Crippen LogP contribution < -0.4 is 10.2 Å². The molecule has 0 aliphatic heterocycles. The van der Waals surface area contributed by atoms with Gasteiger partial charge in [-0.15, -0.1) is 0 Å². The average Bonchev–Trinajstić information content (AvgIpc) is 2.62. The lowest BCUT2D eigenvalue weighted by Gasteiger charge is -2.11. The second kappa shape index (κ2) is 6.89. The number of nitrogens with zero attached hydrogens (tertiary/aromatic N) is 2. The third-order valence-electron chi connectivity index (χ3n) is 3.54. The fourth-order valence-corrected chi connectivity index (χ4v) is 2.40. The minimum Gasteiger partial charge on any atom is -0.494 e. The summed E-state index contributed by atoms with van der Waals surface area (Å²) >= 11 is 0. The Bertz CT molecular complexity index is 791. The molecule has 2 aromatic heterocycles. The number of hydrogen-bond donors (Lipinski definition) is 2. The first-order chi connectivity index (χ1) is 11.3. The van der Waals surface area contributed by atoms with Crippen LogP contribution in [0.4, 0.5) is 5.69 Å². The largest absolute Gasteiger partial charge is 0.494 e. The number of ether oxygens (including phenoxy) is 1. The number of nitrogens with one attached hydrogen (secondary N) is 1. The lowest BCUT2D eigenvalue weighted by atomic mass is 10.1. The molecule has 0 aliphatic rings. The van der Waals surface area contributed by atoms with Gasteiger partial charge in [0, 0.05) is 30.1 Å². The molecule has 0 spiro atoms. The molecule has 0 aliphatic carbocycles. The van der Waals surface area contributed by atoms with Gasteiger partial charge in [0.2, 0.25) is 0 Å². The Morgan fingerprint density at radius 2 is 1.91 bits per heavy atom. The average molecular weight is 307 g/mol. The summed E-state index contributed by atoms with van der Waals surface area (Å²) in [5.41, 5.74) is 6.46. The first-order valence-corrected chi connectivity index (χ1v) is 7.23. The predicted octanol–water partition coefficient (Wildman–Crippen LogP) is 3.54. The second-order valence-corrected chi connectivity index (χ2v) is 5.08. The summed E-state index contributed by atoms with van der Waals surface area (Å²) in [5.74, 6) is 0.693. The molecule has 0 atom stereocenters. The van der Waals surface area contributed by atoms with Crippen molar-refractivity contribution in [1.82, 2.24) is 9.97 Å². The Balaban J connectivity index is 1.99. The molecule has 0 unspecified atom stereocenters. The predicted molar refractivity (Wildman–Crippen MR) is 88.7 cm³/mol. The topological polar surface area (TPSA) is 67.3 Å². The number of aromatic nitrogens is 2. The molecule has 3 rings (SSSR count). The van der Waals surface area contributed by atoms with E-state index in [9.17, 15) is 0 Å². The van der Waals surface area contributed by atoms with E-state index in [1.165, 1.54) is 0 Å². The van der Waals surface area contributed by atoms with Gasteiger partial charge in [-0.05, 0) is 42.0 Å². The monoisotopic (exact) mass is 307 g/mol. The van der Waals surface area contributed by atoms with E-state index in [1.807, 2.05) is 42.5 Å². The van der Waals surface area contributed by atoms with Gasteiger partial charge in [0.25, 0.3) is 0 Å². The van der Waals surface area contributed by atoms with Crippen LogP contribution in [0.15, 0.2) is 60.9 Å². The van der Waals surface area contributed by atoms with E-state index in [4.69, 9.17) is 14.9 Å². The maximum absolute atomic E-state index is 9.08. The normalized spacial score (nSPS) is 10.3. The van der Waals surface area contributed by atoms with Gasteiger partial charge in [-0.2, -0.15) is 0 Å². The molecule has 3 aromatic rings. The number of rotatable bonds is 5. The number of pyridine rings is 2. The van der Waals surface area contributed by atoms with Crippen LogP contribution in [-0.2, 0) is 6.42 Å². The Morgan fingerprint density at radius 1 is 1.09 bits per heavy atom. The molecule has 2 N–H and O–H groups in total. The van der Waals surface area contributed by atoms with Gasteiger partial charge < -0.3 is 4.74 Å². The van der Waals surface area contributed by atoms with E-state index in [0.717, 1.165) is 28.9 Å². The summed E-state index contributed by atoms with van der Waals surface area (Å²) in [5, 5.41) is 9.08. The number of anilines is 1. The van der Waals surface area contributed by atoms with Crippen molar-refractivity contribution in [1.29, 1.82) is 0 Å². The molecular weight excluding hydrogens is 290 g/mol. The van der Waals surface area contributed by atoms with Gasteiger partial charge in [0.1, 0.15) is 11.4 Å². The van der Waals surface area contributed by atoms with Crippen molar-refractivity contribution in [3.63, 3.8) is 0 Å². The summed E-state index contributed by atoms with van der Waals surface area (Å²) < 4.78 is 5.42. The number of hydrogen-bond acceptors (Lipinski definition) is 5. The molecule has 0 radical (unpaired) electrons. The van der Waals surface area contributed by atoms with Crippen molar-refractivity contribution in [2.75, 3.05) is 12.6 Å². The maximum atomic E-state index is 9.08. The minimum atomic E-state index is 0.603. The molecule has 23 heavy (non-hydrogen) atoms. The fraction of sp³-hybridized carbons (Fsp3) is 0.111. The lowest BCUT2D eigenvalue weighted by molar-refractivity contribution is 0.389. The molecule has 5 heteroatoms. The zero-order chi connectivity index (χ0) is 16.1. The molecule has 1 aromatic carbocycles. The number of methoxy groups -OCH3 is 1. The van der Waals surface area contributed by atoms with Gasteiger partial charge in [-0.3, -0.25) is 15.7 Å². The van der Waals surface area contributed by atoms with Crippen molar-refractivity contribution in [3.05, 3.63) is 72.2 Å². The van der Waals surface area contributed by atoms with E-state index in [-0.39, 0.29) is 0 Å². The van der Waals surface area contributed by atoms with Crippen LogP contribution in [0, 0.1) is 0 Å². The van der Waals surface area contributed by atoms with Gasteiger partial charge in [0.15, 0.2) is 0 Å². The summed E-state index contributed by atoms with van der Waals surface area (Å²) in [7, 11) is 1.62. The summed E-state index contributed by atoms with van der Waals surface area (Å²) in [6, 6.07) is 15.2. The van der Waals surface area contributed by atoms with E-state index >= 15 is 0 Å². The van der Waals surface area contributed by atoms with Crippen LogP contribution in [0.3, 0.4) is 0 Å². The molecule has 5 nitrogen and oxygen atoms in total. The quantitative estimate of drug-likeness (QED) is 0.706. The van der Waals surface area contributed by atoms with Gasteiger partial charge in [-0.1, -0.05) is 12.1 Å². The SMILES string of the molecule is COc1ccc(Cc2ccncc2)nc1-c1cccc(NO)c1. The highest BCUT2D eigenvalue weighted by Gasteiger charge is 2.10. The molecule has 0 amide bonds. The van der Waals surface area contributed by atoms with Crippen LogP contribution >= 0.6 is 0 Å². The standard InChI is InChI=1S/C18H17N3O2/c1-23-17-6-5-15(11-13-7-9-19-10-8-13)20-18(17)14-3-2-4-16(12-14)21-22/h2-10,12,21-22H,11H2,1H3. The van der Waals surface area contributed by atoms with Gasteiger partial charge in [-0.25, -0.2) is 4.98 Å². The smallest absolute Gasteiger partial charge is 0.145 e. The van der Waals surface area contributed by atoms with Crippen molar-refractivity contribution in [2.45, 2.75) is 6.42 Å². The Kier molecular flexibility index (Phi) is 4.49. The number of benzene rings is 1. The van der Waals surface area contributed by atoms with E-state index in [1.54, 1.807) is 25.6 Å². The Hall–Kier alpha value is -2.92. The first-order valence-electron chi connectivity index (χ1n) is 7.23. The first kappa shape index (κ1) is 15.0. The van der Waals surface area contributed by atoms with Crippen molar-refractivity contribution < 1.29 is 9.94 Å². The second-order valence-electron chi connectivity index (χ2n) is 5.08. The van der Waals surface area contributed by atoms with Crippen LogP contribution in [0.2, 0.25) is 0 Å². The third kappa shape index (κ3) is 3.46. The molecule has 0 saturated heterocycles. The van der Waals surface area contributed by atoms with Crippen LogP contribution in [0.5, 0.6) is 5.75 Å². The summed E-state index contributed by atoms with van der Waals surface area (Å²) in [6.07, 6.45) is 4.27. The summed E-state index contributed by atoms with van der Waals surface area (Å²) in [4.78, 5) is 8.76. The zero-order valence-electron chi connectivity index (χ0n) is 12.7. The van der Waals surface area contributed by atoms with Gasteiger partial charge >= 0.3 is 0 Å². The maximum Gasteiger partial charge on any atom is 0.145 e.